The Morgan fingerprint density at radius 2 is 2.17 bits per heavy atom. The lowest BCUT2D eigenvalue weighted by molar-refractivity contribution is -0.133. The van der Waals surface area contributed by atoms with Gasteiger partial charge in [0.25, 0.3) is 0 Å². The Kier molecular flexibility index (Phi) is 6.65. The third-order valence-corrected chi connectivity index (χ3v) is 3.22. The molecule has 1 aliphatic heterocycles. The fraction of sp³-hybridized carbons (Fsp3) is 0.929. The van der Waals surface area contributed by atoms with E-state index in [4.69, 9.17) is 4.74 Å². The molecule has 0 aromatic heterocycles. The van der Waals surface area contributed by atoms with Crippen molar-refractivity contribution in [3.05, 3.63) is 0 Å². The van der Waals surface area contributed by atoms with E-state index in [1.807, 2.05) is 4.90 Å². The van der Waals surface area contributed by atoms with Crippen molar-refractivity contribution in [2.45, 2.75) is 58.6 Å². The molecule has 106 valence electrons. The highest BCUT2D eigenvalue weighted by molar-refractivity contribution is 5.76. The second kappa shape index (κ2) is 7.74. The van der Waals surface area contributed by atoms with Crippen LogP contribution >= 0.6 is 0 Å². The molecule has 2 unspecified atom stereocenters. The molecule has 18 heavy (non-hydrogen) atoms. The van der Waals surface area contributed by atoms with E-state index in [0.29, 0.717) is 32.0 Å². The minimum Gasteiger partial charge on any atom is -0.393 e. The van der Waals surface area contributed by atoms with Crippen LogP contribution < -0.4 is 0 Å². The molecule has 0 spiro atoms. The summed E-state index contributed by atoms with van der Waals surface area (Å²) in [6.07, 6.45) is 2.89. The van der Waals surface area contributed by atoms with Crippen LogP contribution in [0.15, 0.2) is 0 Å². The van der Waals surface area contributed by atoms with Gasteiger partial charge in [-0.15, -0.1) is 0 Å². The Morgan fingerprint density at radius 1 is 1.44 bits per heavy atom. The summed E-state index contributed by atoms with van der Waals surface area (Å²) in [6.45, 7) is 8.04. The van der Waals surface area contributed by atoms with Gasteiger partial charge in [0, 0.05) is 19.2 Å². The van der Waals surface area contributed by atoms with Crippen molar-refractivity contribution in [2.24, 2.45) is 5.92 Å². The zero-order chi connectivity index (χ0) is 13.5. The summed E-state index contributed by atoms with van der Waals surface area (Å²) < 4.78 is 5.44. The average Bonchev–Trinajstić information content (AvgIpc) is 2.71. The molecule has 1 fully saturated rings. The molecule has 1 N–H and O–H groups in total. The van der Waals surface area contributed by atoms with Crippen LogP contribution in [0.5, 0.6) is 0 Å². The maximum Gasteiger partial charge on any atom is 0.225 e. The smallest absolute Gasteiger partial charge is 0.225 e. The largest absolute Gasteiger partial charge is 0.393 e. The second-order valence-electron chi connectivity index (χ2n) is 5.69. The van der Waals surface area contributed by atoms with Gasteiger partial charge in [-0.3, -0.25) is 4.79 Å². The molecular weight excluding hydrogens is 230 g/mol. The van der Waals surface area contributed by atoms with Gasteiger partial charge in [-0.05, 0) is 32.1 Å². The molecule has 1 heterocycles. The number of hydrogen-bond donors (Lipinski definition) is 1. The van der Waals surface area contributed by atoms with Crippen molar-refractivity contribution < 1.29 is 14.6 Å². The molecule has 1 amide bonds. The van der Waals surface area contributed by atoms with Crippen molar-refractivity contribution in [1.82, 2.24) is 4.90 Å². The molecule has 0 radical (unpaired) electrons. The lowest BCUT2D eigenvalue weighted by Crippen LogP contribution is -2.37. The van der Waals surface area contributed by atoms with Gasteiger partial charge in [0.15, 0.2) is 0 Å². The molecule has 0 aromatic rings. The fourth-order valence-electron chi connectivity index (χ4n) is 2.42. The number of likely N-dealkylation sites (tertiary alicyclic amines) is 1. The van der Waals surface area contributed by atoms with E-state index in [9.17, 15) is 9.90 Å². The highest BCUT2D eigenvalue weighted by atomic mass is 16.5. The number of aliphatic hydroxyl groups excluding tert-OH is 1. The van der Waals surface area contributed by atoms with E-state index in [-0.39, 0.29) is 18.1 Å². The average molecular weight is 257 g/mol. The number of amides is 1. The summed E-state index contributed by atoms with van der Waals surface area (Å²) >= 11 is 0. The molecule has 1 aliphatic rings. The minimum atomic E-state index is -0.333. The quantitative estimate of drug-likeness (QED) is 0.708. The Bertz CT molecular complexity index is 253. The first kappa shape index (κ1) is 15.4. The van der Waals surface area contributed by atoms with Gasteiger partial charge < -0.3 is 14.7 Å². The SMILES string of the molecule is CC(C)COCCC(=O)N1CCCC1CC(C)O. The van der Waals surface area contributed by atoms with Crippen LogP contribution in [-0.2, 0) is 9.53 Å². The molecule has 0 bridgehead atoms. The molecular formula is C14H27NO3. The normalized spacial score (nSPS) is 21.6. The molecule has 1 rings (SSSR count). The monoisotopic (exact) mass is 257 g/mol. The van der Waals surface area contributed by atoms with Crippen molar-refractivity contribution >= 4 is 5.91 Å². The number of rotatable bonds is 7. The summed E-state index contributed by atoms with van der Waals surface area (Å²) in [4.78, 5) is 14.0. The zero-order valence-electron chi connectivity index (χ0n) is 11.9. The fourth-order valence-corrected chi connectivity index (χ4v) is 2.42. The standard InChI is InChI=1S/C14H27NO3/c1-11(2)10-18-8-6-14(17)15-7-4-5-13(15)9-12(3)16/h11-13,16H,4-10H2,1-3H3. The van der Waals surface area contributed by atoms with E-state index >= 15 is 0 Å². The van der Waals surface area contributed by atoms with Gasteiger partial charge in [-0.25, -0.2) is 0 Å². The number of nitrogens with zero attached hydrogens (tertiary/aromatic N) is 1. The Labute approximate surface area is 110 Å². The van der Waals surface area contributed by atoms with E-state index in [1.54, 1.807) is 6.92 Å². The highest BCUT2D eigenvalue weighted by Crippen LogP contribution is 2.22. The number of ether oxygens (including phenoxy) is 1. The molecule has 0 aliphatic carbocycles. The van der Waals surface area contributed by atoms with Crippen LogP contribution in [0.3, 0.4) is 0 Å². The van der Waals surface area contributed by atoms with Crippen molar-refractivity contribution in [1.29, 1.82) is 0 Å². The van der Waals surface area contributed by atoms with Crippen molar-refractivity contribution in [3.8, 4) is 0 Å². The topological polar surface area (TPSA) is 49.8 Å². The van der Waals surface area contributed by atoms with Gasteiger partial charge in [0.2, 0.25) is 5.91 Å². The summed E-state index contributed by atoms with van der Waals surface area (Å²) in [6, 6.07) is 0.225. The van der Waals surface area contributed by atoms with Crippen LogP contribution in [0.2, 0.25) is 0 Å². The predicted octanol–water partition coefficient (Wildman–Crippen LogP) is 1.81. The maximum atomic E-state index is 12.0. The summed E-state index contributed by atoms with van der Waals surface area (Å²) in [5.41, 5.74) is 0. The Balaban J connectivity index is 2.27. The van der Waals surface area contributed by atoms with Crippen LogP contribution in [0.1, 0.15) is 46.5 Å². The van der Waals surface area contributed by atoms with E-state index in [0.717, 1.165) is 19.4 Å². The van der Waals surface area contributed by atoms with Crippen LogP contribution in [-0.4, -0.2) is 47.8 Å². The van der Waals surface area contributed by atoms with Gasteiger partial charge in [-0.2, -0.15) is 0 Å². The lowest BCUT2D eigenvalue weighted by atomic mass is 10.1. The molecule has 2 atom stereocenters. The number of hydrogen-bond acceptors (Lipinski definition) is 3. The second-order valence-corrected chi connectivity index (χ2v) is 5.69. The number of aliphatic hydroxyl groups is 1. The lowest BCUT2D eigenvalue weighted by Gasteiger charge is -2.25. The summed E-state index contributed by atoms with van der Waals surface area (Å²) in [7, 11) is 0. The maximum absolute atomic E-state index is 12.0. The first-order valence-electron chi connectivity index (χ1n) is 7.06. The van der Waals surface area contributed by atoms with E-state index < -0.39 is 0 Å². The minimum absolute atomic E-state index is 0.168. The molecule has 4 heteroatoms. The summed E-state index contributed by atoms with van der Waals surface area (Å²) in [5, 5.41) is 9.42. The first-order valence-corrected chi connectivity index (χ1v) is 7.06. The molecule has 0 saturated carbocycles. The number of carbonyl (C=O) groups is 1. The Morgan fingerprint density at radius 3 is 2.78 bits per heavy atom. The highest BCUT2D eigenvalue weighted by Gasteiger charge is 2.28. The van der Waals surface area contributed by atoms with Crippen LogP contribution in [0.25, 0.3) is 0 Å². The Hall–Kier alpha value is -0.610. The zero-order valence-corrected chi connectivity index (χ0v) is 11.9. The van der Waals surface area contributed by atoms with E-state index in [1.165, 1.54) is 0 Å². The van der Waals surface area contributed by atoms with Crippen LogP contribution in [0, 0.1) is 5.92 Å². The number of carbonyl (C=O) groups excluding carboxylic acids is 1. The van der Waals surface area contributed by atoms with Gasteiger partial charge in [0.1, 0.15) is 0 Å². The summed E-state index contributed by atoms with van der Waals surface area (Å²) in [5.74, 6) is 0.678. The predicted molar refractivity (Wildman–Crippen MR) is 71.3 cm³/mol. The van der Waals surface area contributed by atoms with Gasteiger partial charge >= 0.3 is 0 Å². The van der Waals surface area contributed by atoms with Crippen LogP contribution in [0.4, 0.5) is 0 Å². The molecule has 4 nitrogen and oxygen atoms in total. The third-order valence-electron chi connectivity index (χ3n) is 3.22. The third kappa shape index (κ3) is 5.36. The van der Waals surface area contributed by atoms with Gasteiger partial charge in [-0.1, -0.05) is 13.8 Å². The van der Waals surface area contributed by atoms with Crippen molar-refractivity contribution in [2.75, 3.05) is 19.8 Å². The van der Waals surface area contributed by atoms with Crippen molar-refractivity contribution in [3.63, 3.8) is 0 Å². The first-order chi connectivity index (χ1) is 8.50. The van der Waals surface area contributed by atoms with E-state index in [2.05, 4.69) is 13.8 Å². The van der Waals surface area contributed by atoms with Gasteiger partial charge in [0.05, 0.1) is 19.1 Å². The molecule has 0 aromatic carbocycles. The molecule has 1 saturated heterocycles.